The molecule has 0 spiro atoms. The topological polar surface area (TPSA) is 66.4 Å². The van der Waals surface area contributed by atoms with Crippen LogP contribution in [0.25, 0.3) is 6.08 Å². The number of unbranched alkanes of at least 4 members (excludes halogenated alkanes) is 1. The van der Waals surface area contributed by atoms with Crippen molar-refractivity contribution in [2.24, 2.45) is 0 Å². The van der Waals surface area contributed by atoms with Gasteiger partial charge in [-0.15, -0.1) is 0 Å². The molecule has 114 valence electrons. The third kappa shape index (κ3) is 6.49. The molecule has 4 nitrogen and oxygen atoms in total. The average Bonchev–Trinajstić information content (AvgIpc) is 2.45. The lowest BCUT2D eigenvalue weighted by molar-refractivity contribution is -0.131. The molecule has 0 saturated carbocycles. The van der Waals surface area contributed by atoms with Gasteiger partial charge in [0.25, 0.3) is 5.91 Å². The van der Waals surface area contributed by atoms with Gasteiger partial charge in [-0.2, -0.15) is 11.8 Å². The van der Waals surface area contributed by atoms with Crippen molar-refractivity contribution in [2.75, 3.05) is 18.6 Å². The number of carbonyl (C=O) groups is 2. The molecule has 1 aromatic rings. The summed E-state index contributed by atoms with van der Waals surface area (Å²) in [7, 11) is 0. The zero-order chi connectivity index (χ0) is 15.7. The van der Waals surface area contributed by atoms with E-state index >= 15 is 0 Å². The molecule has 2 N–H and O–H groups in total. The zero-order valence-corrected chi connectivity index (χ0v) is 13.2. The first kappa shape index (κ1) is 17.3. The highest BCUT2D eigenvalue weighted by atomic mass is 32.2. The lowest BCUT2D eigenvalue weighted by Crippen LogP contribution is -2.24. The summed E-state index contributed by atoms with van der Waals surface area (Å²) in [6, 6.07) is 5.29. The highest BCUT2D eigenvalue weighted by Gasteiger charge is 2.06. The number of aryl methyl sites for hydroxylation is 1. The van der Waals surface area contributed by atoms with Gasteiger partial charge in [-0.3, -0.25) is 4.79 Å². The quantitative estimate of drug-likeness (QED) is 0.572. The minimum absolute atomic E-state index is 0.121. The predicted molar refractivity (Wildman–Crippen MR) is 87.8 cm³/mol. The minimum Gasteiger partial charge on any atom is -0.478 e. The van der Waals surface area contributed by atoms with E-state index in [1.165, 1.54) is 6.08 Å². The normalized spacial score (nSPS) is 10.8. The van der Waals surface area contributed by atoms with Crippen molar-refractivity contribution in [3.05, 3.63) is 41.0 Å². The maximum absolute atomic E-state index is 12.0. The maximum Gasteiger partial charge on any atom is 0.328 e. The maximum atomic E-state index is 12.0. The summed E-state index contributed by atoms with van der Waals surface area (Å²) >= 11 is 1.80. The van der Waals surface area contributed by atoms with Crippen LogP contribution in [0.15, 0.2) is 24.3 Å². The van der Waals surface area contributed by atoms with Gasteiger partial charge in [-0.25, -0.2) is 4.79 Å². The number of rotatable bonds is 8. The molecule has 1 aromatic carbocycles. The van der Waals surface area contributed by atoms with Gasteiger partial charge in [0.2, 0.25) is 0 Å². The van der Waals surface area contributed by atoms with Gasteiger partial charge in [-0.05, 0) is 61.1 Å². The van der Waals surface area contributed by atoms with Crippen LogP contribution in [0, 0.1) is 6.92 Å². The van der Waals surface area contributed by atoms with Crippen molar-refractivity contribution >= 4 is 29.7 Å². The summed E-state index contributed by atoms with van der Waals surface area (Å²) in [5, 5.41) is 11.5. The van der Waals surface area contributed by atoms with Gasteiger partial charge in [0.15, 0.2) is 0 Å². The Labute approximate surface area is 129 Å². The molecule has 0 aromatic heterocycles. The summed E-state index contributed by atoms with van der Waals surface area (Å²) < 4.78 is 0. The smallest absolute Gasteiger partial charge is 0.328 e. The van der Waals surface area contributed by atoms with Crippen molar-refractivity contribution < 1.29 is 14.7 Å². The molecule has 0 bridgehead atoms. The number of carboxylic acids is 1. The third-order valence-corrected chi connectivity index (χ3v) is 3.70. The first-order chi connectivity index (χ1) is 10.0. The second-order valence-corrected chi connectivity index (χ2v) is 5.68. The summed E-state index contributed by atoms with van der Waals surface area (Å²) in [6.07, 6.45) is 6.70. The highest BCUT2D eigenvalue weighted by molar-refractivity contribution is 7.98. The van der Waals surface area contributed by atoms with E-state index < -0.39 is 5.97 Å². The summed E-state index contributed by atoms with van der Waals surface area (Å²) in [5.41, 5.74) is 2.23. The fourth-order valence-corrected chi connectivity index (χ4v) is 2.29. The van der Waals surface area contributed by atoms with Crippen LogP contribution in [-0.4, -0.2) is 35.5 Å². The summed E-state index contributed by atoms with van der Waals surface area (Å²) in [5.74, 6) is -0.0213. The summed E-state index contributed by atoms with van der Waals surface area (Å²) in [6.45, 7) is 2.54. The van der Waals surface area contributed by atoms with E-state index in [1.807, 2.05) is 13.0 Å². The lowest BCUT2D eigenvalue weighted by Gasteiger charge is -2.07. The van der Waals surface area contributed by atoms with E-state index in [4.69, 9.17) is 5.11 Å². The number of amides is 1. The molecule has 0 fully saturated rings. The first-order valence-corrected chi connectivity index (χ1v) is 8.22. The Bertz CT molecular complexity index is 526. The second-order valence-electron chi connectivity index (χ2n) is 4.70. The molecule has 0 atom stereocenters. The van der Waals surface area contributed by atoms with Crippen molar-refractivity contribution in [3.8, 4) is 0 Å². The van der Waals surface area contributed by atoms with Crippen molar-refractivity contribution in [2.45, 2.75) is 19.8 Å². The fraction of sp³-hybridized carbons (Fsp3) is 0.375. The third-order valence-electron chi connectivity index (χ3n) is 3.01. The number of thioether (sulfide) groups is 1. The molecule has 0 aliphatic rings. The molecule has 0 unspecified atom stereocenters. The van der Waals surface area contributed by atoms with Crippen molar-refractivity contribution in [1.29, 1.82) is 0 Å². The van der Waals surface area contributed by atoms with Crippen LogP contribution in [-0.2, 0) is 4.79 Å². The molecule has 0 heterocycles. The van der Waals surface area contributed by atoms with Crippen LogP contribution in [0.5, 0.6) is 0 Å². The van der Waals surface area contributed by atoms with Gasteiger partial charge in [-0.1, -0.05) is 6.07 Å². The van der Waals surface area contributed by atoms with E-state index in [0.717, 1.165) is 35.8 Å². The molecule has 0 aliphatic heterocycles. The Hall–Kier alpha value is -1.75. The van der Waals surface area contributed by atoms with Crippen LogP contribution in [0.2, 0.25) is 0 Å². The van der Waals surface area contributed by atoms with Crippen molar-refractivity contribution in [1.82, 2.24) is 5.32 Å². The van der Waals surface area contributed by atoms with E-state index in [9.17, 15) is 9.59 Å². The van der Waals surface area contributed by atoms with Crippen LogP contribution in [0.3, 0.4) is 0 Å². The molecule has 0 saturated heterocycles. The van der Waals surface area contributed by atoms with Crippen LogP contribution in [0.4, 0.5) is 0 Å². The van der Waals surface area contributed by atoms with Crippen LogP contribution >= 0.6 is 11.8 Å². The summed E-state index contributed by atoms with van der Waals surface area (Å²) in [4.78, 5) is 22.6. The minimum atomic E-state index is -1.00. The van der Waals surface area contributed by atoms with Gasteiger partial charge in [0.05, 0.1) is 0 Å². The number of aliphatic carboxylic acids is 1. The Morgan fingerprint density at radius 2 is 2.10 bits per heavy atom. The molecular formula is C16H21NO3S. The SMILES string of the molecule is CSCCCCNC(=O)c1ccc(C)c(/C=C/C(=O)O)c1. The Morgan fingerprint density at radius 1 is 1.33 bits per heavy atom. The van der Waals surface area contributed by atoms with E-state index in [-0.39, 0.29) is 5.91 Å². The zero-order valence-electron chi connectivity index (χ0n) is 12.4. The molecule has 1 amide bonds. The Morgan fingerprint density at radius 3 is 2.76 bits per heavy atom. The monoisotopic (exact) mass is 307 g/mol. The molecule has 5 heteroatoms. The van der Waals surface area contributed by atoms with E-state index in [2.05, 4.69) is 11.6 Å². The van der Waals surface area contributed by atoms with E-state index in [1.54, 1.807) is 23.9 Å². The number of nitrogens with one attached hydrogen (secondary N) is 1. The second kappa shape index (κ2) is 9.23. The predicted octanol–water partition coefficient (Wildman–Crippen LogP) is 2.97. The fourth-order valence-electron chi connectivity index (χ4n) is 1.80. The number of hydrogen-bond acceptors (Lipinski definition) is 3. The molecule has 21 heavy (non-hydrogen) atoms. The number of carbonyl (C=O) groups excluding carboxylic acids is 1. The first-order valence-electron chi connectivity index (χ1n) is 6.83. The van der Waals surface area contributed by atoms with Crippen LogP contribution in [0.1, 0.15) is 34.3 Å². The highest BCUT2D eigenvalue weighted by Crippen LogP contribution is 2.13. The molecular weight excluding hydrogens is 286 g/mol. The molecule has 1 rings (SSSR count). The standard InChI is InChI=1S/C16H21NO3S/c1-12-5-6-14(11-13(12)7-8-15(18)19)16(20)17-9-3-4-10-21-2/h5-8,11H,3-4,9-10H2,1-2H3,(H,17,20)(H,18,19)/b8-7+. The molecule has 0 radical (unpaired) electrons. The number of hydrogen-bond donors (Lipinski definition) is 2. The largest absolute Gasteiger partial charge is 0.478 e. The molecule has 0 aliphatic carbocycles. The average molecular weight is 307 g/mol. The van der Waals surface area contributed by atoms with Crippen molar-refractivity contribution in [3.63, 3.8) is 0 Å². The lowest BCUT2D eigenvalue weighted by atomic mass is 10.0. The Kier molecular flexibility index (Phi) is 7.61. The van der Waals surface area contributed by atoms with Gasteiger partial charge in [0.1, 0.15) is 0 Å². The van der Waals surface area contributed by atoms with Gasteiger partial charge < -0.3 is 10.4 Å². The van der Waals surface area contributed by atoms with Crippen LogP contribution < -0.4 is 5.32 Å². The van der Waals surface area contributed by atoms with E-state index in [0.29, 0.717) is 12.1 Å². The number of benzene rings is 1. The number of carboxylic acid groups (broad SMARTS) is 1. The van der Waals surface area contributed by atoms with Gasteiger partial charge in [0, 0.05) is 18.2 Å². The van der Waals surface area contributed by atoms with Gasteiger partial charge >= 0.3 is 5.97 Å². The Balaban J connectivity index is 2.64.